The van der Waals surface area contributed by atoms with Crippen LogP contribution < -0.4 is 0 Å². The Hall–Kier alpha value is 0.646. The SMILES string of the molecule is N#[C][Fe].[Os]. The molecular weight excluding hydrogens is 272 g/mol. The monoisotopic (exact) mass is 274 g/mol. The van der Waals surface area contributed by atoms with E-state index < -0.39 is 0 Å². The van der Waals surface area contributed by atoms with Crippen LogP contribution in [0.4, 0.5) is 0 Å². The van der Waals surface area contributed by atoms with Gasteiger partial charge in [-0.25, -0.2) is 0 Å². The number of nitrogens with zero attached hydrogens (tertiary/aromatic N) is 1. The van der Waals surface area contributed by atoms with E-state index in [1.54, 1.807) is 0 Å². The topological polar surface area (TPSA) is 23.8 Å². The van der Waals surface area contributed by atoms with Gasteiger partial charge >= 0.3 is 26.2 Å². The third-order valence-electron chi connectivity index (χ3n) is 0. The molecular formula is CFeNOs. The summed E-state index contributed by atoms with van der Waals surface area (Å²) in [5.74, 6) is 0. The first kappa shape index (κ1) is 8.82. The second-order valence-electron chi connectivity index (χ2n) is 0.0791. The van der Waals surface area contributed by atoms with Crippen molar-refractivity contribution in [2.75, 3.05) is 0 Å². The maximum Gasteiger partial charge on any atom is 0 e. The van der Waals surface area contributed by atoms with E-state index in [1.165, 1.54) is 4.97 Å². The van der Waals surface area contributed by atoms with Crippen molar-refractivity contribution in [1.82, 2.24) is 0 Å². The largest absolute Gasteiger partial charge is 0 e. The van der Waals surface area contributed by atoms with Gasteiger partial charge in [0.15, 0.2) is 0 Å². The van der Waals surface area contributed by atoms with Crippen LogP contribution in [0.2, 0.25) is 0 Å². The normalized spacial score (nSPS) is 2.00. The minimum absolute atomic E-state index is 0. The maximum atomic E-state index is 7.21. The number of hydrogen-bond acceptors (Lipinski definition) is 1. The van der Waals surface area contributed by atoms with E-state index in [-0.39, 0.29) is 19.8 Å². The van der Waals surface area contributed by atoms with Crippen LogP contribution in [0.25, 0.3) is 0 Å². The zero-order valence-electron chi connectivity index (χ0n) is 1.65. The Morgan fingerprint density at radius 2 is 1.75 bits per heavy atom. The van der Waals surface area contributed by atoms with Gasteiger partial charge in [0.1, 0.15) is 0 Å². The molecule has 4 heavy (non-hydrogen) atoms. The third kappa shape index (κ3) is 17.2. The van der Waals surface area contributed by atoms with Gasteiger partial charge in [0.25, 0.3) is 0 Å². The zero-order valence-corrected chi connectivity index (χ0v) is 5.30. The average molecular weight is 272 g/mol. The Kier molecular flexibility index (Phi) is 20.8. The second-order valence-corrected chi connectivity index (χ2v) is 0.326. The smallest absolute Gasteiger partial charge is 0 e. The molecule has 0 spiro atoms. The van der Waals surface area contributed by atoms with E-state index in [0.717, 1.165) is 0 Å². The van der Waals surface area contributed by atoms with Gasteiger partial charge in [-0.15, -0.1) is 0 Å². The summed E-state index contributed by atoms with van der Waals surface area (Å²) in [4.78, 5) is 1.50. The minimum atomic E-state index is 0. The van der Waals surface area contributed by atoms with Crippen LogP contribution in [0, 0.1) is 10.2 Å². The predicted molar refractivity (Wildman–Crippen MR) is 5.61 cm³/mol. The molecule has 0 heterocycles. The summed E-state index contributed by atoms with van der Waals surface area (Å²) < 4.78 is 0. The molecule has 0 aromatic carbocycles. The van der Waals surface area contributed by atoms with Crippen molar-refractivity contribution in [3.8, 4) is 4.97 Å². The standard InChI is InChI=1S/CN.Fe.Os/c1-2;;. The molecule has 0 aromatic rings. The molecule has 0 aliphatic rings. The van der Waals surface area contributed by atoms with Crippen molar-refractivity contribution >= 4 is 0 Å². The average Bonchev–Trinajstić information content (AvgIpc) is 0.918. The summed E-state index contributed by atoms with van der Waals surface area (Å²) in [6.07, 6.45) is 0. The molecule has 25 valence electrons. The molecule has 0 N–H and O–H groups in total. The summed E-state index contributed by atoms with van der Waals surface area (Å²) >= 11 is 2.79. The zero-order chi connectivity index (χ0) is 2.71. The van der Waals surface area contributed by atoms with Crippen LogP contribution in [0.3, 0.4) is 0 Å². The minimum Gasteiger partial charge on any atom is 0 e. The molecule has 0 fully saturated rings. The molecule has 0 aromatic heterocycles. The van der Waals surface area contributed by atoms with Crippen LogP contribution in [0.5, 0.6) is 0 Å². The molecule has 0 radical (unpaired) electrons. The summed E-state index contributed by atoms with van der Waals surface area (Å²) in [5, 5.41) is 7.21. The van der Waals surface area contributed by atoms with E-state index in [2.05, 4.69) is 16.0 Å². The van der Waals surface area contributed by atoms with Gasteiger partial charge in [0.2, 0.25) is 0 Å². The van der Waals surface area contributed by atoms with Gasteiger partial charge in [-0.05, 0) is 0 Å². The number of nitriles is 1. The van der Waals surface area contributed by atoms with Crippen molar-refractivity contribution in [1.29, 1.82) is 5.26 Å². The first-order valence-electron chi connectivity index (χ1n) is 0.400. The Bertz CT molecular complexity index is 29.5. The molecule has 0 aliphatic heterocycles. The third-order valence-corrected chi connectivity index (χ3v) is 0. The molecule has 0 amide bonds. The quantitative estimate of drug-likeness (QED) is 0.570. The van der Waals surface area contributed by atoms with Gasteiger partial charge < -0.3 is 0 Å². The van der Waals surface area contributed by atoms with E-state index >= 15 is 0 Å². The molecule has 3 heteroatoms. The molecule has 0 aliphatic carbocycles. The van der Waals surface area contributed by atoms with Gasteiger partial charge in [-0.3, -0.25) is 0 Å². The Morgan fingerprint density at radius 1 is 1.75 bits per heavy atom. The Labute approximate surface area is 46.2 Å². The number of rotatable bonds is 0. The molecule has 0 bridgehead atoms. The van der Waals surface area contributed by atoms with Crippen molar-refractivity contribution in [3.05, 3.63) is 0 Å². The van der Waals surface area contributed by atoms with Gasteiger partial charge in [0, 0.05) is 19.8 Å². The molecule has 0 unspecified atom stereocenters. The summed E-state index contributed by atoms with van der Waals surface area (Å²) in [6.45, 7) is 0. The molecule has 0 rings (SSSR count). The van der Waals surface area contributed by atoms with Crippen molar-refractivity contribution < 1.29 is 35.8 Å². The first-order chi connectivity index (χ1) is 1.41. The first-order valence-corrected chi connectivity index (χ1v) is 0.952. The van der Waals surface area contributed by atoms with Crippen LogP contribution >= 0.6 is 0 Å². The van der Waals surface area contributed by atoms with E-state index in [9.17, 15) is 0 Å². The van der Waals surface area contributed by atoms with Gasteiger partial charge in [0.05, 0.1) is 0 Å². The van der Waals surface area contributed by atoms with Crippen LogP contribution in [-0.2, 0) is 35.8 Å². The predicted octanol–water partition coefficient (Wildman–Crippen LogP) is 0.0118. The van der Waals surface area contributed by atoms with Crippen molar-refractivity contribution in [2.45, 2.75) is 0 Å². The fourth-order valence-electron chi connectivity index (χ4n) is 0. The second kappa shape index (κ2) is 9.42. The van der Waals surface area contributed by atoms with E-state index in [0.29, 0.717) is 0 Å². The van der Waals surface area contributed by atoms with Crippen LogP contribution in [0.1, 0.15) is 0 Å². The van der Waals surface area contributed by atoms with Crippen LogP contribution in [-0.4, -0.2) is 0 Å². The molecule has 0 saturated carbocycles. The summed E-state index contributed by atoms with van der Waals surface area (Å²) in [5.41, 5.74) is 0. The summed E-state index contributed by atoms with van der Waals surface area (Å²) in [6, 6.07) is 0. The fourth-order valence-corrected chi connectivity index (χ4v) is 0. The number of hydrogen-bond donors (Lipinski definition) is 0. The van der Waals surface area contributed by atoms with Crippen molar-refractivity contribution in [2.24, 2.45) is 0 Å². The van der Waals surface area contributed by atoms with Gasteiger partial charge in [-0.2, -0.15) is 0 Å². The molecule has 1 nitrogen and oxygen atoms in total. The summed E-state index contributed by atoms with van der Waals surface area (Å²) in [7, 11) is 0. The van der Waals surface area contributed by atoms with Crippen LogP contribution in [0.15, 0.2) is 0 Å². The Morgan fingerprint density at radius 3 is 1.75 bits per heavy atom. The van der Waals surface area contributed by atoms with Gasteiger partial charge in [-0.1, -0.05) is 0 Å². The maximum absolute atomic E-state index is 7.21. The Balaban J connectivity index is 0. The van der Waals surface area contributed by atoms with Crippen molar-refractivity contribution in [3.63, 3.8) is 0 Å². The molecule has 0 atom stereocenters. The fraction of sp³-hybridized carbons (Fsp3) is 0. The molecule has 0 saturated heterocycles. The van der Waals surface area contributed by atoms with E-state index in [1.807, 2.05) is 0 Å². The van der Waals surface area contributed by atoms with E-state index in [4.69, 9.17) is 5.26 Å².